The van der Waals surface area contributed by atoms with Crippen LogP contribution in [0.3, 0.4) is 0 Å². The van der Waals surface area contributed by atoms with Crippen LogP contribution < -0.4 is 5.32 Å². The van der Waals surface area contributed by atoms with Gasteiger partial charge in [0.05, 0.1) is 0 Å². The molecule has 4 nitrogen and oxygen atoms in total. The van der Waals surface area contributed by atoms with Crippen LogP contribution >= 0.6 is 0 Å². The minimum atomic E-state index is -0.974. The first-order valence-corrected chi connectivity index (χ1v) is 10.1. The number of hydrogen-bond donors (Lipinski definition) is 2. The Balaban J connectivity index is 3.69. The van der Waals surface area contributed by atoms with E-state index >= 15 is 0 Å². The summed E-state index contributed by atoms with van der Waals surface area (Å²) in [6.07, 6.45) is 24.4. The largest absolute Gasteiger partial charge is 0.480 e. The van der Waals surface area contributed by atoms with E-state index in [0.717, 1.165) is 44.9 Å². The highest BCUT2D eigenvalue weighted by Gasteiger charge is 2.22. The van der Waals surface area contributed by atoms with E-state index in [1.54, 1.807) is 13.8 Å². The highest BCUT2D eigenvalue weighted by Crippen LogP contribution is 2.05. The third-order valence-electron chi connectivity index (χ3n) is 3.99. The minimum absolute atomic E-state index is 0.115. The lowest BCUT2D eigenvalue weighted by atomic mass is 10.0. The van der Waals surface area contributed by atoms with Gasteiger partial charge in [0.15, 0.2) is 0 Å². The van der Waals surface area contributed by atoms with Crippen molar-refractivity contribution in [1.29, 1.82) is 0 Å². The zero-order chi connectivity index (χ0) is 20.3. The summed E-state index contributed by atoms with van der Waals surface area (Å²) >= 11 is 0. The van der Waals surface area contributed by atoms with Gasteiger partial charge in [-0.2, -0.15) is 0 Å². The van der Waals surface area contributed by atoms with Crippen molar-refractivity contribution < 1.29 is 14.7 Å². The molecule has 1 atom stereocenters. The van der Waals surface area contributed by atoms with Crippen LogP contribution in [0.5, 0.6) is 0 Å². The molecule has 0 aromatic rings. The van der Waals surface area contributed by atoms with Crippen molar-refractivity contribution in [2.24, 2.45) is 5.92 Å². The van der Waals surface area contributed by atoms with Gasteiger partial charge in [-0.25, -0.2) is 4.79 Å². The first kappa shape index (κ1) is 24.9. The molecule has 0 radical (unpaired) electrons. The summed E-state index contributed by atoms with van der Waals surface area (Å²) in [4.78, 5) is 22.8. The minimum Gasteiger partial charge on any atom is -0.480 e. The topological polar surface area (TPSA) is 66.4 Å². The van der Waals surface area contributed by atoms with Gasteiger partial charge in [0.2, 0.25) is 5.91 Å². The molecule has 152 valence electrons. The van der Waals surface area contributed by atoms with Crippen molar-refractivity contribution in [2.45, 2.75) is 78.2 Å². The Morgan fingerprint density at radius 3 is 1.85 bits per heavy atom. The molecule has 0 unspecified atom stereocenters. The molecule has 0 spiro atoms. The number of carboxylic acids is 1. The fourth-order valence-electron chi connectivity index (χ4n) is 2.40. The Morgan fingerprint density at radius 2 is 1.37 bits per heavy atom. The average Bonchev–Trinajstić information content (AvgIpc) is 2.62. The monoisotopic (exact) mass is 375 g/mol. The summed E-state index contributed by atoms with van der Waals surface area (Å²) in [5.74, 6) is -1.27. The number of rotatable bonds is 15. The summed E-state index contributed by atoms with van der Waals surface area (Å²) in [5, 5.41) is 11.7. The van der Waals surface area contributed by atoms with E-state index in [1.807, 2.05) is 0 Å². The predicted molar refractivity (Wildman–Crippen MR) is 114 cm³/mol. The summed E-state index contributed by atoms with van der Waals surface area (Å²) in [6.45, 7) is 5.72. The maximum absolute atomic E-state index is 11.8. The van der Waals surface area contributed by atoms with Crippen LogP contribution in [0.2, 0.25) is 0 Å². The standard InChI is InChI=1S/C23H37NO3/c1-4-5-6-7-8-9-10-11-12-13-14-15-16-17-18-19-21(25)24-22(20(2)3)23(26)27/h5-6,8-9,11-12,14-15,20,22H,4,7,10,13,16-19H2,1-3H3,(H,24,25)(H,26,27)/b6-5-,9-8-,12-11-,15-14-/t22-/m0/s1. The summed E-state index contributed by atoms with van der Waals surface area (Å²) in [7, 11) is 0. The van der Waals surface area contributed by atoms with E-state index in [0.29, 0.717) is 6.42 Å². The average molecular weight is 376 g/mol. The lowest BCUT2D eigenvalue weighted by Gasteiger charge is -2.17. The number of carbonyl (C=O) groups is 2. The Hall–Kier alpha value is -2.10. The number of aliphatic carboxylic acids is 1. The van der Waals surface area contributed by atoms with Crippen molar-refractivity contribution >= 4 is 11.9 Å². The Labute approximate surface area is 165 Å². The molecule has 0 aliphatic heterocycles. The number of carbonyl (C=O) groups excluding carboxylic acids is 1. The van der Waals surface area contributed by atoms with Gasteiger partial charge < -0.3 is 10.4 Å². The van der Waals surface area contributed by atoms with Crippen LogP contribution in [0.4, 0.5) is 0 Å². The number of amides is 1. The van der Waals surface area contributed by atoms with E-state index in [9.17, 15) is 9.59 Å². The SMILES string of the molecule is CC/C=C\C/C=C\C/C=C\C/C=C\CCCCC(=O)N[C@H](C(=O)O)C(C)C. The Morgan fingerprint density at radius 1 is 0.852 bits per heavy atom. The van der Waals surface area contributed by atoms with Crippen molar-refractivity contribution in [3.05, 3.63) is 48.6 Å². The van der Waals surface area contributed by atoms with Gasteiger partial charge in [0.25, 0.3) is 0 Å². The zero-order valence-corrected chi connectivity index (χ0v) is 17.2. The molecular formula is C23H37NO3. The van der Waals surface area contributed by atoms with Crippen LogP contribution in [0.1, 0.15) is 72.1 Å². The van der Waals surface area contributed by atoms with Crippen LogP contribution in [0, 0.1) is 5.92 Å². The number of unbranched alkanes of at least 4 members (excludes halogenated alkanes) is 2. The van der Waals surface area contributed by atoms with Gasteiger partial charge in [0, 0.05) is 6.42 Å². The third-order valence-corrected chi connectivity index (χ3v) is 3.99. The number of hydrogen-bond acceptors (Lipinski definition) is 2. The molecule has 0 fully saturated rings. The van der Waals surface area contributed by atoms with Crippen molar-refractivity contribution in [1.82, 2.24) is 5.32 Å². The molecule has 0 aromatic carbocycles. The summed E-state index contributed by atoms with van der Waals surface area (Å²) in [5.41, 5.74) is 0. The fraction of sp³-hybridized carbons (Fsp3) is 0.565. The zero-order valence-electron chi connectivity index (χ0n) is 17.2. The number of allylic oxidation sites excluding steroid dienone is 8. The van der Waals surface area contributed by atoms with E-state index in [-0.39, 0.29) is 11.8 Å². The summed E-state index contributed by atoms with van der Waals surface area (Å²) in [6, 6.07) is -0.799. The van der Waals surface area contributed by atoms with Gasteiger partial charge in [-0.15, -0.1) is 0 Å². The molecule has 2 N–H and O–H groups in total. The van der Waals surface area contributed by atoms with Crippen molar-refractivity contribution in [2.75, 3.05) is 0 Å². The third kappa shape index (κ3) is 15.8. The normalized spacial score (nSPS) is 13.5. The van der Waals surface area contributed by atoms with Crippen molar-refractivity contribution in [3.63, 3.8) is 0 Å². The van der Waals surface area contributed by atoms with E-state index in [1.165, 1.54) is 0 Å². The highest BCUT2D eigenvalue weighted by molar-refractivity contribution is 5.83. The molecule has 0 aliphatic rings. The van der Waals surface area contributed by atoms with E-state index in [4.69, 9.17) is 5.11 Å². The first-order valence-electron chi connectivity index (χ1n) is 10.1. The molecular weight excluding hydrogens is 338 g/mol. The van der Waals surface area contributed by atoms with Crippen molar-refractivity contribution in [3.8, 4) is 0 Å². The molecule has 27 heavy (non-hydrogen) atoms. The smallest absolute Gasteiger partial charge is 0.326 e. The van der Waals surface area contributed by atoms with Gasteiger partial charge in [0.1, 0.15) is 6.04 Å². The lowest BCUT2D eigenvalue weighted by Crippen LogP contribution is -2.44. The Bertz CT molecular complexity index is 516. The van der Waals surface area contributed by atoms with Gasteiger partial charge in [-0.1, -0.05) is 69.4 Å². The molecule has 0 saturated carbocycles. The number of nitrogens with one attached hydrogen (secondary N) is 1. The molecule has 0 bridgehead atoms. The molecule has 0 saturated heterocycles. The molecule has 4 heteroatoms. The first-order chi connectivity index (χ1) is 13.0. The quantitative estimate of drug-likeness (QED) is 0.290. The predicted octanol–water partition coefficient (Wildman–Crippen LogP) is 5.58. The maximum atomic E-state index is 11.8. The fourth-order valence-corrected chi connectivity index (χ4v) is 2.40. The second-order valence-electron chi connectivity index (χ2n) is 6.87. The van der Waals surface area contributed by atoms with E-state index in [2.05, 4.69) is 60.8 Å². The second kappa shape index (κ2) is 17.3. The molecule has 0 aromatic heterocycles. The van der Waals surface area contributed by atoms with Crippen LogP contribution in [0.25, 0.3) is 0 Å². The van der Waals surface area contributed by atoms with Gasteiger partial charge in [-0.3, -0.25) is 4.79 Å². The van der Waals surface area contributed by atoms with Crippen LogP contribution in [-0.2, 0) is 9.59 Å². The van der Waals surface area contributed by atoms with Crippen LogP contribution in [0.15, 0.2) is 48.6 Å². The molecule has 1 amide bonds. The van der Waals surface area contributed by atoms with Crippen LogP contribution in [-0.4, -0.2) is 23.0 Å². The molecule has 0 aliphatic carbocycles. The Kier molecular flexibility index (Phi) is 16.0. The molecule has 0 heterocycles. The van der Waals surface area contributed by atoms with E-state index < -0.39 is 12.0 Å². The van der Waals surface area contributed by atoms with Gasteiger partial charge >= 0.3 is 5.97 Å². The number of carboxylic acid groups (broad SMARTS) is 1. The molecule has 0 rings (SSSR count). The second-order valence-corrected chi connectivity index (χ2v) is 6.87. The van der Waals surface area contributed by atoms with Gasteiger partial charge in [-0.05, 0) is 50.9 Å². The summed E-state index contributed by atoms with van der Waals surface area (Å²) < 4.78 is 0. The maximum Gasteiger partial charge on any atom is 0.326 e. The highest BCUT2D eigenvalue weighted by atomic mass is 16.4. The lowest BCUT2D eigenvalue weighted by molar-refractivity contribution is -0.143.